The molecule has 0 heterocycles. The first-order valence-electron chi connectivity index (χ1n) is 15.0. The highest BCUT2D eigenvalue weighted by atomic mass is 32.2. The summed E-state index contributed by atoms with van der Waals surface area (Å²) < 4.78 is 0. The molecule has 4 saturated carbocycles. The second kappa shape index (κ2) is 11.0. The Kier molecular flexibility index (Phi) is 8.68. The van der Waals surface area contributed by atoms with E-state index in [-0.39, 0.29) is 46.5 Å². The van der Waals surface area contributed by atoms with Gasteiger partial charge in [-0.15, -0.1) is 11.8 Å². The number of hydrogen-bond donors (Lipinski definition) is 3. The maximum absolute atomic E-state index is 13.3. The standard InChI is InChI=1S/C32H52N2O3S/c1-8-9-26(38-7)29(19(2)3)34-27(37)16-20(4)23-12-15-32(33)28-24(11-14-31(23,32)6)30(5)13-10-22(35)17-21(30)18-25(28)36/h8-9,19-21,23-25,28-29,36H,1,10-18,33H2,2-7H3,(H,34,37)/b26-9-/t20-,21?,23?,24+,25-,28?,29?,30?,31?,32-/m1/s1. The van der Waals surface area contributed by atoms with Gasteiger partial charge in [-0.2, -0.15) is 0 Å². The number of Topliss-reactive ketones (excluding diaryl/α,β-unsaturated/α-hetero) is 1. The van der Waals surface area contributed by atoms with Crippen LogP contribution in [0, 0.1) is 46.3 Å². The minimum Gasteiger partial charge on any atom is -0.393 e. The number of amides is 1. The SMILES string of the molecule is C=C/C=C(\SC)C(NC(=O)C[C@@H](C)C1CC[C@@]2(N)C3[C@H](O)CC4CC(=O)CCC4(C)[C@H]3CCC12C)C(C)C. The molecular formula is C32H52N2O3S. The summed E-state index contributed by atoms with van der Waals surface area (Å²) >= 11 is 1.67. The smallest absolute Gasteiger partial charge is 0.220 e. The molecule has 6 heteroatoms. The van der Waals surface area contributed by atoms with Crippen LogP contribution in [0.15, 0.2) is 23.6 Å². The zero-order valence-corrected chi connectivity index (χ0v) is 25.4. The van der Waals surface area contributed by atoms with Gasteiger partial charge in [0.15, 0.2) is 0 Å². The third-order valence-corrected chi connectivity index (χ3v) is 12.8. The van der Waals surface area contributed by atoms with Crippen molar-refractivity contribution >= 4 is 23.5 Å². The molecule has 10 atom stereocenters. The van der Waals surface area contributed by atoms with Crippen molar-refractivity contribution in [2.24, 2.45) is 52.1 Å². The maximum atomic E-state index is 13.3. The lowest BCUT2D eigenvalue weighted by molar-refractivity contribution is -0.176. The summed E-state index contributed by atoms with van der Waals surface area (Å²) in [5.74, 6) is 2.04. The van der Waals surface area contributed by atoms with E-state index in [1.165, 1.54) is 0 Å². The van der Waals surface area contributed by atoms with Gasteiger partial charge < -0.3 is 16.2 Å². The van der Waals surface area contributed by atoms with Crippen LogP contribution in [0.2, 0.25) is 0 Å². The number of aliphatic hydroxyl groups excluding tert-OH is 1. The lowest BCUT2D eigenvalue weighted by atomic mass is 9.41. The zero-order chi connectivity index (χ0) is 28.0. The molecule has 1 amide bonds. The number of nitrogens with one attached hydrogen (secondary N) is 1. The molecule has 4 aliphatic rings. The number of ketones is 1. The lowest BCUT2D eigenvalue weighted by Crippen LogP contribution is -2.70. The predicted octanol–water partition coefficient (Wildman–Crippen LogP) is 5.87. The van der Waals surface area contributed by atoms with E-state index in [0.717, 1.165) is 37.0 Å². The molecule has 5 nitrogen and oxygen atoms in total. The second-order valence-electron chi connectivity index (χ2n) is 14.0. The normalized spacial score (nSPS) is 42.6. The number of nitrogens with two attached hydrogens (primary N) is 1. The monoisotopic (exact) mass is 544 g/mol. The quantitative estimate of drug-likeness (QED) is 0.333. The van der Waals surface area contributed by atoms with E-state index in [1.54, 1.807) is 17.8 Å². The van der Waals surface area contributed by atoms with Crippen LogP contribution in [0.5, 0.6) is 0 Å². The number of thioether (sulfide) groups is 1. The van der Waals surface area contributed by atoms with E-state index in [4.69, 9.17) is 5.73 Å². The molecule has 4 aliphatic carbocycles. The minimum atomic E-state index is -0.445. The molecule has 0 aliphatic heterocycles. The third kappa shape index (κ3) is 4.85. The van der Waals surface area contributed by atoms with Gasteiger partial charge in [0.1, 0.15) is 5.78 Å². The van der Waals surface area contributed by atoms with Crippen molar-refractivity contribution in [1.29, 1.82) is 0 Å². The maximum Gasteiger partial charge on any atom is 0.220 e. The van der Waals surface area contributed by atoms with E-state index < -0.39 is 11.6 Å². The molecule has 0 spiro atoms. The molecule has 4 fully saturated rings. The van der Waals surface area contributed by atoms with E-state index in [1.807, 2.05) is 12.3 Å². The molecule has 214 valence electrons. The van der Waals surface area contributed by atoms with Crippen LogP contribution in [0.4, 0.5) is 0 Å². The average Bonchev–Trinajstić information content (AvgIpc) is 3.13. The van der Waals surface area contributed by atoms with Gasteiger partial charge in [-0.25, -0.2) is 0 Å². The number of carbonyl (C=O) groups excluding carboxylic acids is 2. The third-order valence-electron chi connectivity index (χ3n) is 11.9. The highest BCUT2D eigenvalue weighted by molar-refractivity contribution is 8.02. The molecule has 4 rings (SSSR count). The van der Waals surface area contributed by atoms with Gasteiger partial charge in [0.05, 0.1) is 12.1 Å². The van der Waals surface area contributed by atoms with Crippen LogP contribution in [0.1, 0.15) is 92.4 Å². The molecule has 0 saturated heterocycles. The van der Waals surface area contributed by atoms with Crippen LogP contribution in [0.3, 0.4) is 0 Å². The van der Waals surface area contributed by atoms with Gasteiger partial charge in [-0.3, -0.25) is 9.59 Å². The summed E-state index contributed by atoms with van der Waals surface area (Å²) in [4.78, 5) is 26.7. The number of aliphatic hydroxyl groups is 1. The Hall–Kier alpha value is -1.11. The Morgan fingerprint density at radius 1 is 1.24 bits per heavy atom. The first-order chi connectivity index (χ1) is 17.8. The lowest BCUT2D eigenvalue weighted by Gasteiger charge is -2.65. The molecule has 0 aromatic rings. The van der Waals surface area contributed by atoms with Gasteiger partial charge in [-0.1, -0.05) is 53.3 Å². The summed E-state index contributed by atoms with van der Waals surface area (Å²) in [6.45, 7) is 15.1. The van der Waals surface area contributed by atoms with Gasteiger partial charge >= 0.3 is 0 Å². The summed E-state index contributed by atoms with van der Waals surface area (Å²) in [7, 11) is 0. The summed E-state index contributed by atoms with van der Waals surface area (Å²) in [6, 6.07) is -0.0145. The van der Waals surface area contributed by atoms with E-state index >= 15 is 0 Å². The van der Waals surface area contributed by atoms with Crippen molar-refractivity contribution in [2.45, 2.75) is 110 Å². The molecule has 4 N–H and O–H groups in total. The molecule has 0 radical (unpaired) electrons. The number of allylic oxidation sites excluding steroid dienone is 2. The van der Waals surface area contributed by atoms with Crippen LogP contribution >= 0.6 is 11.8 Å². The van der Waals surface area contributed by atoms with Crippen molar-refractivity contribution in [3.8, 4) is 0 Å². The Labute approximate surface area is 235 Å². The van der Waals surface area contributed by atoms with E-state index in [0.29, 0.717) is 43.3 Å². The van der Waals surface area contributed by atoms with Crippen molar-refractivity contribution in [3.05, 3.63) is 23.6 Å². The Morgan fingerprint density at radius 3 is 2.58 bits per heavy atom. The van der Waals surface area contributed by atoms with Crippen molar-refractivity contribution in [2.75, 3.05) is 6.26 Å². The Morgan fingerprint density at radius 2 is 1.95 bits per heavy atom. The fraction of sp³-hybridized carbons (Fsp3) is 0.812. The van der Waals surface area contributed by atoms with Crippen molar-refractivity contribution in [1.82, 2.24) is 5.32 Å². The van der Waals surface area contributed by atoms with Crippen LogP contribution in [0.25, 0.3) is 0 Å². The Bertz CT molecular complexity index is 964. The second-order valence-corrected chi connectivity index (χ2v) is 14.9. The van der Waals surface area contributed by atoms with E-state index in [9.17, 15) is 14.7 Å². The highest BCUT2D eigenvalue weighted by Crippen LogP contribution is 2.69. The van der Waals surface area contributed by atoms with Gasteiger partial charge in [0, 0.05) is 35.6 Å². The molecular weight excluding hydrogens is 492 g/mol. The number of rotatable bonds is 8. The highest BCUT2D eigenvalue weighted by Gasteiger charge is 2.68. The summed E-state index contributed by atoms with van der Waals surface area (Å²) in [5, 5.41) is 14.9. The Balaban J connectivity index is 1.51. The number of fused-ring (bicyclic) bond motifs is 5. The first kappa shape index (κ1) is 29.9. The minimum absolute atomic E-state index is 0.0145. The molecule has 6 unspecified atom stereocenters. The largest absolute Gasteiger partial charge is 0.393 e. The molecule has 0 bridgehead atoms. The zero-order valence-electron chi connectivity index (χ0n) is 24.6. The topological polar surface area (TPSA) is 92.4 Å². The number of carbonyl (C=O) groups is 2. The van der Waals surface area contributed by atoms with Crippen LogP contribution < -0.4 is 11.1 Å². The summed E-state index contributed by atoms with van der Waals surface area (Å²) in [6.07, 6.45) is 12.8. The van der Waals surface area contributed by atoms with Gasteiger partial charge in [-0.05, 0) is 85.2 Å². The molecule has 0 aromatic carbocycles. The van der Waals surface area contributed by atoms with Crippen molar-refractivity contribution in [3.63, 3.8) is 0 Å². The van der Waals surface area contributed by atoms with Crippen molar-refractivity contribution < 1.29 is 14.7 Å². The van der Waals surface area contributed by atoms with E-state index in [2.05, 4.69) is 46.5 Å². The fourth-order valence-corrected chi connectivity index (χ4v) is 10.5. The van der Waals surface area contributed by atoms with Crippen LogP contribution in [-0.4, -0.2) is 40.7 Å². The predicted molar refractivity (Wildman–Crippen MR) is 157 cm³/mol. The van der Waals surface area contributed by atoms with Gasteiger partial charge in [0.25, 0.3) is 0 Å². The fourth-order valence-electron chi connectivity index (χ4n) is 9.72. The van der Waals surface area contributed by atoms with Gasteiger partial charge in [0.2, 0.25) is 5.91 Å². The first-order valence-corrected chi connectivity index (χ1v) is 16.2. The van der Waals surface area contributed by atoms with Crippen LogP contribution in [-0.2, 0) is 9.59 Å². The molecule has 38 heavy (non-hydrogen) atoms. The molecule has 0 aromatic heterocycles. The summed E-state index contributed by atoms with van der Waals surface area (Å²) in [5.41, 5.74) is 7.03. The number of hydrogen-bond acceptors (Lipinski definition) is 5. The average molecular weight is 545 g/mol.